The maximum absolute atomic E-state index is 13.1. The van der Waals surface area contributed by atoms with Gasteiger partial charge in [-0.1, -0.05) is 30.5 Å². The van der Waals surface area contributed by atoms with Crippen LogP contribution >= 0.6 is 48.8 Å². The molecule has 8 nitrogen and oxygen atoms in total. The second-order valence-electron chi connectivity index (χ2n) is 10.3. The summed E-state index contributed by atoms with van der Waals surface area (Å²) in [5, 5.41) is 9.75. The lowest BCUT2D eigenvalue weighted by Crippen LogP contribution is -2.33. The van der Waals surface area contributed by atoms with Crippen LogP contribution in [0.25, 0.3) is 11.2 Å². The first kappa shape index (κ1) is 35.4. The van der Waals surface area contributed by atoms with Gasteiger partial charge in [-0.3, -0.25) is 0 Å². The van der Waals surface area contributed by atoms with Gasteiger partial charge in [0.05, 0.1) is 16.9 Å². The molecular weight excluding hydrogens is 623 g/mol. The minimum absolute atomic E-state index is 0. The molecule has 3 aromatic rings. The molecule has 230 valence electrons. The predicted molar refractivity (Wildman–Crippen MR) is 165 cm³/mol. The molecular formula is C26H37Cl4F3N8. The third-order valence-electron chi connectivity index (χ3n) is 7.50. The maximum atomic E-state index is 13.1. The molecule has 0 bridgehead atoms. The van der Waals surface area contributed by atoms with E-state index >= 15 is 0 Å². The summed E-state index contributed by atoms with van der Waals surface area (Å²) in [7, 11) is 0. The van der Waals surface area contributed by atoms with Gasteiger partial charge in [0.15, 0.2) is 17.0 Å². The van der Waals surface area contributed by atoms with Crippen LogP contribution in [0.3, 0.4) is 0 Å². The molecule has 0 aliphatic heterocycles. The number of halogens is 7. The van der Waals surface area contributed by atoms with Crippen LogP contribution in [0, 0.1) is 0 Å². The fourth-order valence-corrected chi connectivity index (χ4v) is 5.63. The number of alkyl halides is 3. The monoisotopic (exact) mass is 658 g/mol. The van der Waals surface area contributed by atoms with Crippen LogP contribution < -0.4 is 21.7 Å². The van der Waals surface area contributed by atoms with Gasteiger partial charge in [0.25, 0.3) is 0 Å². The van der Waals surface area contributed by atoms with Gasteiger partial charge >= 0.3 is 6.18 Å². The van der Waals surface area contributed by atoms with Crippen molar-refractivity contribution in [2.45, 2.75) is 82.2 Å². The Morgan fingerprint density at radius 3 is 2.37 bits per heavy atom. The highest BCUT2D eigenvalue weighted by Crippen LogP contribution is 2.35. The highest BCUT2D eigenvalue weighted by molar-refractivity contribution is 6.31. The van der Waals surface area contributed by atoms with Gasteiger partial charge in [0, 0.05) is 37.8 Å². The number of imidazole rings is 1. The smallest absolute Gasteiger partial charge is 0.367 e. The molecule has 1 aromatic carbocycles. The molecule has 0 unspecified atom stereocenters. The summed E-state index contributed by atoms with van der Waals surface area (Å²) >= 11 is 5.72. The molecule has 2 aliphatic rings. The molecule has 2 fully saturated rings. The van der Waals surface area contributed by atoms with Gasteiger partial charge in [-0.15, -0.1) is 37.2 Å². The zero-order chi connectivity index (χ0) is 26.7. The van der Waals surface area contributed by atoms with Crippen LogP contribution in [-0.2, 0) is 12.7 Å². The van der Waals surface area contributed by atoms with Crippen LogP contribution in [-0.4, -0.2) is 44.7 Å². The van der Waals surface area contributed by atoms with E-state index in [1.807, 2.05) is 6.33 Å². The summed E-state index contributed by atoms with van der Waals surface area (Å²) in [5.74, 6) is 1.23. The number of benzene rings is 1. The van der Waals surface area contributed by atoms with Crippen molar-refractivity contribution in [3.8, 4) is 0 Å². The third kappa shape index (κ3) is 8.87. The number of nitrogens with one attached hydrogen (secondary N) is 3. The Hall–Kier alpha value is -1.76. The highest BCUT2D eigenvalue weighted by Gasteiger charge is 2.33. The molecule has 2 aromatic heterocycles. The quantitative estimate of drug-likeness (QED) is 0.188. The molecule has 5 rings (SSSR count). The Kier molecular flexibility index (Phi) is 13.5. The lowest BCUT2D eigenvalue weighted by Gasteiger charge is -2.27. The van der Waals surface area contributed by atoms with Crippen LogP contribution in [0.2, 0.25) is 5.02 Å². The largest absolute Gasteiger partial charge is 0.417 e. The Bertz CT molecular complexity index is 1250. The van der Waals surface area contributed by atoms with E-state index in [-0.39, 0.29) is 60.9 Å². The topological polar surface area (TPSA) is 106 Å². The number of aromatic nitrogens is 4. The molecule has 15 heteroatoms. The van der Waals surface area contributed by atoms with Gasteiger partial charge in [-0.05, 0) is 56.2 Å². The number of nitrogens with zero attached hydrogens (tertiary/aromatic N) is 4. The number of hydrogen-bond acceptors (Lipinski definition) is 7. The zero-order valence-corrected chi connectivity index (χ0v) is 25.6. The van der Waals surface area contributed by atoms with Crippen molar-refractivity contribution < 1.29 is 13.2 Å². The number of anilines is 2. The van der Waals surface area contributed by atoms with E-state index in [2.05, 4.69) is 25.5 Å². The summed E-state index contributed by atoms with van der Waals surface area (Å²) in [4.78, 5) is 14.3. The summed E-state index contributed by atoms with van der Waals surface area (Å²) in [6.45, 7) is 1.32. The van der Waals surface area contributed by atoms with Gasteiger partial charge in [0.2, 0.25) is 5.95 Å². The maximum Gasteiger partial charge on any atom is 0.417 e. The van der Waals surface area contributed by atoms with Gasteiger partial charge in [0.1, 0.15) is 0 Å². The Balaban J connectivity index is 0.00000196. The van der Waals surface area contributed by atoms with E-state index in [0.29, 0.717) is 36.5 Å². The SMILES string of the molecule is Cl.Cl.Cl.N[C@H]1CC[C@H](Nc2nc(NCCNCc3ccc(Cl)c(C(F)(F)F)c3)c3ncn(C4CCCC4)c3n2)CC1. The number of hydrogen-bond donors (Lipinski definition) is 4. The van der Waals surface area contributed by atoms with E-state index < -0.39 is 11.7 Å². The molecule has 41 heavy (non-hydrogen) atoms. The van der Waals surface area contributed by atoms with Crippen molar-refractivity contribution in [2.75, 3.05) is 23.7 Å². The Labute approximate surface area is 261 Å². The first-order valence-electron chi connectivity index (χ1n) is 13.3. The molecule has 2 heterocycles. The van der Waals surface area contributed by atoms with Crippen molar-refractivity contribution in [3.05, 3.63) is 40.7 Å². The van der Waals surface area contributed by atoms with Crippen molar-refractivity contribution in [3.63, 3.8) is 0 Å². The van der Waals surface area contributed by atoms with E-state index in [1.54, 1.807) is 6.07 Å². The first-order valence-corrected chi connectivity index (χ1v) is 13.7. The molecule has 2 saturated carbocycles. The minimum atomic E-state index is -4.48. The lowest BCUT2D eigenvalue weighted by atomic mass is 9.92. The summed E-state index contributed by atoms with van der Waals surface area (Å²) in [6, 6.07) is 4.90. The van der Waals surface area contributed by atoms with Gasteiger partial charge in [-0.25, -0.2) is 4.98 Å². The molecule has 5 N–H and O–H groups in total. The van der Waals surface area contributed by atoms with Gasteiger partial charge in [-0.2, -0.15) is 23.1 Å². The highest BCUT2D eigenvalue weighted by atomic mass is 35.5. The summed E-state index contributed by atoms with van der Waals surface area (Å²) in [5.41, 5.74) is 7.30. The van der Waals surface area contributed by atoms with Crippen LogP contribution in [0.15, 0.2) is 24.5 Å². The second-order valence-corrected chi connectivity index (χ2v) is 10.7. The molecule has 0 spiro atoms. The van der Waals surface area contributed by atoms with Crippen LogP contribution in [0.5, 0.6) is 0 Å². The van der Waals surface area contributed by atoms with Crippen LogP contribution in [0.1, 0.15) is 68.5 Å². The normalized spacial score (nSPS) is 19.2. The van der Waals surface area contributed by atoms with E-state index in [4.69, 9.17) is 27.3 Å². The number of fused-ring (bicyclic) bond motifs is 1. The molecule has 0 saturated heterocycles. The molecule has 0 amide bonds. The van der Waals surface area contributed by atoms with E-state index in [0.717, 1.165) is 55.8 Å². The number of rotatable bonds is 9. The lowest BCUT2D eigenvalue weighted by molar-refractivity contribution is -0.137. The first-order chi connectivity index (χ1) is 18.3. The van der Waals surface area contributed by atoms with Gasteiger partial charge < -0.3 is 26.3 Å². The third-order valence-corrected chi connectivity index (χ3v) is 7.83. The van der Waals surface area contributed by atoms with Crippen LogP contribution in [0.4, 0.5) is 24.9 Å². The summed E-state index contributed by atoms with van der Waals surface area (Å²) < 4.78 is 41.6. The Morgan fingerprint density at radius 1 is 0.976 bits per heavy atom. The average Bonchev–Trinajstić information content (AvgIpc) is 3.55. The van der Waals surface area contributed by atoms with Crippen molar-refractivity contribution >= 4 is 71.8 Å². The fraction of sp³-hybridized carbons (Fsp3) is 0.577. The van der Waals surface area contributed by atoms with Crippen molar-refractivity contribution in [1.29, 1.82) is 0 Å². The van der Waals surface area contributed by atoms with Crippen molar-refractivity contribution in [2.24, 2.45) is 5.73 Å². The number of nitrogens with two attached hydrogens (primary N) is 1. The summed E-state index contributed by atoms with van der Waals surface area (Å²) in [6.07, 6.45) is 5.96. The predicted octanol–water partition coefficient (Wildman–Crippen LogP) is 6.76. The molecule has 0 radical (unpaired) electrons. The van der Waals surface area contributed by atoms with Crippen molar-refractivity contribution in [1.82, 2.24) is 24.8 Å². The zero-order valence-electron chi connectivity index (χ0n) is 22.4. The minimum Gasteiger partial charge on any atom is -0.367 e. The molecule has 2 aliphatic carbocycles. The van der Waals surface area contributed by atoms with E-state index in [9.17, 15) is 13.2 Å². The van der Waals surface area contributed by atoms with E-state index in [1.165, 1.54) is 18.9 Å². The fourth-order valence-electron chi connectivity index (χ4n) is 5.40. The average molecular weight is 660 g/mol. The second kappa shape index (κ2) is 15.6. The standard InChI is InChI=1S/C26H34ClF3N8.3ClH/c27-21-10-5-16(13-20(21)26(28,29)30)14-32-11-12-33-23-22-24(38(15-34-22)19-3-1-2-4-19)37-25(36-23)35-18-8-6-17(31)7-9-18;;;/h5,10,13,15,17-19,32H,1-4,6-9,11-12,14,31H2,(H2,33,35,36,37);3*1H/t17-,18-;;;. The Morgan fingerprint density at radius 2 is 1.68 bits per heavy atom. The molecule has 0 atom stereocenters.